The fraction of sp³-hybridized carbons (Fsp3) is 0. The monoisotopic (exact) mass is 205 g/mol. The Hall–Kier alpha value is -1.11. The lowest BCUT2D eigenvalue weighted by molar-refractivity contribution is 0.112. The summed E-state index contributed by atoms with van der Waals surface area (Å²) in [4.78, 5) is 10.00. The van der Waals surface area contributed by atoms with Gasteiger partial charge in [-0.15, -0.1) is 0 Å². The van der Waals surface area contributed by atoms with Gasteiger partial charge in [0.1, 0.15) is 12.1 Å². The molecule has 0 aliphatic heterocycles. The molecule has 0 aliphatic carbocycles. The molecule has 1 aromatic carbocycles. The molecule has 0 heterocycles. The van der Waals surface area contributed by atoms with E-state index < -0.39 is 11.4 Å². The van der Waals surface area contributed by atoms with Crippen LogP contribution in [0.25, 0.3) is 0 Å². The summed E-state index contributed by atoms with van der Waals surface area (Å²) in [7, 11) is 0. The summed E-state index contributed by atoms with van der Waals surface area (Å²) >= 11 is -2.61. The minimum atomic E-state index is -2.61. The fourth-order valence-electron chi connectivity index (χ4n) is 0.541. The summed E-state index contributed by atoms with van der Waals surface area (Å²) < 4.78 is 34.9. The van der Waals surface area contributed by atoms with E-state index in [1.807, 2.05) is 0 Å². The van der Waals surface area contributed by atoms with Crippen molar-refractivity contribution in [3.8, 4) is 0 Å². The van der Waals surface area contributed by atoms with Gasteiger partial charge in [-0.2, -0.15) is 4.21 Å². The first kappa shape index (κ1) is 11.9. The lowest BCUT2D eigenvalue weighted by atomic mass is 10.2. The van der Waals surface area contributed by atoms with E-state index in [4.69, 9.17) is 13.3 Å². The van der Waals surface area contributed by atoms with E-state index in [2.05, 4.69) is 0 Å². The molecule has 0 radical (unpaired) electrons. The lowest BCUT2D eigenvalue weighted by Gasteiger charge is -1.86. The van der Waals surface area contributed by atoms with Gasteiger partial charge in [0.05, 0.1) is 0 Å². The van der Waals surface area contributed by atoms with Gasteiger partial charge in [0.15, 0.2) is 0 Å². The third kappa shape index (κ3) is 7.26. The standard InChI is InChI=1S/C7H5FO.H2O3S/c8-7-3-1-6(5-9)2-4-7;1-4(2)3/h1-5H;(H2,1,2,3)/i8-1;. The second-order valence-electron chi connectivity index (χ2n) is 1.90. The van der Waals surface area contributed by atoms with Crippen molar-refractivity contribution in [2.75, 3.05) is 0 Å². The van der Waals surface area contributed by atoms with Gasteiger partial charge < -0.3 is 0 Å². The fourth-order valence-corrected chi connectivity index (χ4v) is 0.541. The van der Waals surface area contributed by atoms with Crippen LogP contribution in [0, 0.1) is 5.82 Å². The normalized spacial score (nSPS) is 8.92. The van der Waals surface area contributed by atoms with Crippen LogP contribution in [0.15, 0.2) is 24.3 Å². The van der Waals surface area contributed by atoms with Crippen LogP contribution in [0.5, 0.6) is 0 Å². The zero-order chi connectivity index (χ0) is 10.3. The molecular weight excluding hydrogens is 198 g/mol. The lowest BCUT2D eigenvalue weighted by Crippen LogP contribution is -1.77. The molecule has 4 nitrogen and oxygen atoms in total. The molecule has 0 amide bonds. The molecule has 0 fully saturated rings. The summed E-state index contributed by atoms with van der Waals surface area (Å²) in [6.07, 6.45) is 0.680. The van der Waals surface area contributed by atoms with Crippen molar-refractivity contribution in [1.29, 1.82) is 0 Å². The highest BCUT2D eigenvalue weighted by Crippen LogP contribution is 1.98. The zero-order valence-electron chi connectivity index (χ0n) is 6.38. The van der Waals surface area contributed by atoms with Crippen LogP contribution in [0.2, 0.25) is 0 Å². The molecule has 13 heavy (non-hydrogen) atoms. The van der Waals surface area contributed by atoms with E-state index in [0.29, 0.717) is 11.8 Å². The number of hydrogen-bond donors (Lipinski definition) is 2. The van der Waals surface area contributed by atoms with Gasteiger partial charge in [0.2, 0.25) is 0 Å². The molecule has 0 unspecified atom stereocenters. The summed E-state index contributed by atoms with van der Waals surface area (Å²) in [6.45, 7) is 0. The van der Waals surface area contributed by atoms with Crippen molar-refractivity contribution < 1.29 is 22.5 Å². The number of carbonyl (C=O) groups is 1. The summed E-state index contributed by atoms with van der Waals surface area (Å²) in [6, 6.07) is 5.37. The second kappa shape index (κ2) is 6.41. The van der Waals surface area contributed by atoms with E-state index in [-0.39, 0.29) is 5.82 Å². The molecule has 72 valence electrons. The van der Waals surface area contributed by atoms with Gasteiger partial charge in [-0.3, -0.25) is 13.9 Å². The Morgan fingerprint density at radius 3 is 1.92 bits per heavy atom. The maximum Gasteiger partial charge on any atom is 0.299 e. The number of carbonyl (C=O) groups excluding carboxylic acids is 1. The molecule has 0 atom stereocenters. The Morgan fingerprint density at radius 2 is 1.62 bits per heavy atom. The average molecular weight is 205 g/mol. The Kier molecular flexibility index (Phi) is 5.86. The van der Waals surface area contributed by atoms with E-state index in [1.165, 1.54) is 24.3 Å². The van der Waals surface area contributed by atoms with Gasteiger partial charge in [-0.05, 0) is 24.3 Å². The van der Waals surface area contributed by atoms with Crippen molar-refractivity contribution in [3.63, 3.8) is 0 Å². The predicted octanol–water partition coefficient (Wildman–Crippen LogP) is 1.32. The van der Waals surface area contributed by atoms with E-state index >= 15 is 0 Å². The first-order valence-corrected chi connectivity index (χ1v) is 4.13. The quantitative estimate of drug-likeness (QED) is 0.535. The van der Waals surface area contributed by atoms with Crippen molar-refractivity contribution in [2.24, 2.45) is 0 Å². The summed E-state index contributed by atoms with van der Waals surface area (Å²) in [5.41, 5.74) is 0.497. The largest absolute Gasteiger partial charge is 0.299 e. The Morgan fingerprint density at radius 1 is 1.23 bits per heavy atom. The highest BCUT2D eigenvalue weighted by Gasteiger charge is 1.87. The van der Waals surface area contributed by atoms with Crippen LogP contribution in [0.1, 0.15) is 10.4 Å². The van der Waals surface area contributed by atoms with Gasteiger partial charge in [0, 0.05) is 5.56 Å². The van der Waals surface area contributed by atoms with Crippen molar-refractivity contribution in [2.45, 2.75) is 0 Å². The zero-order valence-corrected chi connectivity index (χ0v) is 7.20. The minimum absolute atomic E-state index is 0.319. The smallest absolute Gasteiger partial charge is 0.298 e. The molecule has 0 saturated heterocycles. The Labute approximate surface area is 76.5 Å². The molecule has 1 aromatic rings. The van der Waals surface area contributed by atoms with E-state index in [0.717, 1.165) is 0 Å². The molecule has 0 spiro atoms. The predicted molar refractivity (Wildman–Crippen MR) is 45.2 cm³/mol. The molecular formula is C7H7FO4S. The van der Waals surface area contributed by atoms with E-state index in [1.54, 1.807) is 0 Å². The van der Waals surface area contributed by atoms with Gasteiger partial charge >= 0.3 is 0 Å². The summed E-state index contributed by atoms with van der Waals surface area (Å²) in [5, 5.41) is 0. The van der Waals surface area contributed by atoms with Crippen molar-refractivity contribution >= 4 is 17.6 Å². The molecule has 0 bridgehead atoms. The summed E-state index contributed by atoms with van der Waals surface area (Å²) in [5.74, 6) is -0.319. The van der Waals surface area contributed by atoms with Crippen LogP contribution in [0.4, 0.5) is 4.39 Å². The number of rotatable bonds is 1. The topological polar surface area (TPSA) is 74.6 Å². The molecule has 6 heteroatoms. The van der Waals surface area contributed by atoms with Crippen molar-refractivity contribution in [1.82, 2.24) is 0 Å². The second-order valence-corrected chi connectivity index (χ2v) is 2.36. The SMILES string of the molecule is O=Cc1ccc([18F])cc1.O=S(O)O. The maximum atomic E-state index is 12.1. The van der Waals surface area contributed by atoms with Crippen LogP contribution in [-0.2, 0) is 11.4 Å². The van der Waals surface area contributed by atoms with E-state index in [9.17, 15) is 9.18 Å². The van der Waals surface area contributed by atoms with Crippen LogP contribution in [0.3, 0.4) is 0 Å². The third-order valence-corrected chi connectivity index (χ3v) is 1.01. The first-order valence-electron chi connectivity index (χ1n) is 3.07. The Balaban J connectivity index is 0.000000310. The van der Waals surface area contributed by atoms with Gasteiger partial charge in [0.25, 0.3) is 11.4 Å². The number of benzene rings is 1. The number of halogens is 1. The third-order valence-electron chi connectivity index (χ3n) is 1.01. The molecule has 0 aliphatic rings. The molecule has 1 rings (SSSR count). The molecule has 0 saturated carbocycles. The highest BCUT2D eigenvalue weighted by atomic mass is 32.2. The van der Waals surface area contributed by atoms with Crippen molar-refractivity contribution in [3.05, 3.63) is 35.6 Å². The first-order chi connectivity index (χ1) is 6.06. The van der Waals surface area contributed by atoms with Gasteiger partial charge in [-0.1, -0.05) is 0 Å². The van der Waals surface area contributed by atoms with Crippen LogP contribution < -0.4 is 0 Å². The minimum Gasteiger partial charge on any atom is -0.298 e. The maximum absolute atomic E-state index is 12.1. The molecule has 0 aromatic heterocycles. The number of aldehydes is 1. The molecule has 2 N–H and O–H groups in total. The number of hydrogen-bond acceptors (Lipinski definition) is 2. The van der Waals surface area contributed by atoms with Gasteiger partial charge in [-0.25, -0.2) is 4.39 Å². The average Bonchev–Trinajstić information content (AvgIpc) is 2.05. The van der Waals surface area contributed by atoms with Crippen LogP contribution in [-0.4, -0.2) is 19.6 Å². The van der Waals surface area contributed by atoms with Crippen LogP contribution >= 0.6 is 0 Å². The Bertz CT molecular complexity index is 281. The highest BCUT2D eigenvalue weighted by molar-refractivity contribution is 7.73.